The summed E-state index contributed by atoms with van der Waals surface area (Å²) in [4.78, 5) is 2.52. The van der Waals surface area contributed by atoms with Crippen LogP contribution in [0.3, 0.4) is 0 Å². The zero-order valence-corrected chi connectivity index (χ0v) is 12.5. The van der Waals surface area contributed by atoms with Crippen molar-refractivity contribution >= 4 is 17.3 Å². The second kappa shape index (κ2) is 9.53. The Balaban J connectivity index is 1.98. The minimum absolute atomic E-state index is 0.565. The van der Waals surface area contributed by atoms with Crippen molar-refractivity contribution in [3.63, 3.8) is 0 Å². The number of rotatable bonds is 8. The second-order valence-electron chi connectivity index (χ2n) is 4.78. The van der Waals surface area contributed by atoms with Gasteiger partial charge >= 0.3 is 0 Å². The average molecular weight is 273 g/mol. The van der Waals surface area contributed by atoms with Gasteiger partial charge in [0.2, 0.25) is 0 Å². The minimum Gasteiger partial charge on any atom is -0.382 e. The predicted molar refractivity (Wildman–Crippen MR) is 80.0 cm³/mol. The van der Waals surface area contributed by atoms with Gasteiger partial charge in [0.25, 0.3) is 0 Å². The van der Waals surface area contributed by atoms with Gasteiger partial charge in [-0.25, -0.2) is 0 Å². The van der Waals surface area contributed by atoms with E-state index in [0.717, 1.165) is 37.8 Å². The van der Waals surface area contributed by atoms with Crippen molar-refractivity contribution < 1.29 is 4.74 Å². The fourth-order valence-electron chi connectivity index (χ4n) is 2.13. The van der Waals surface area contributed by atoms with Gasteiger partial charge in [-0.15, -0.1) is 0 Å². The standard InChI is InChI=1S/C13H27N3OS/c1-3-17-10-6-7-14-13(18)15-11-12(2)16-8-4-5-9-16/h12H,3-11H2,1-2H3,(H2,14,15,18). The van der Waals surface area contributed by atoms with Crippen molar-refractivity contribution in [1.29, 1.82) is 0 Å². The molecule has 1 heterocycles. The molecule has 0 radical (unpaired) electrons. The molecule has 18 heavy (non-hydrogen) atoms. The monoisotopic (exact) mass is 273 g/mol. The Kier molecular flexibility index (Phi) is 8.29. The Morgan fingerprint density at radius 3 is 2.72 bits per heavy atom. The lowest BCUT2D eigenvalue weighted by molar-refractivity contribution is 0.145. The first-order chi connectivity index (χ1) is 8.74. The van der Waals surface area contributed by atoms with Crippen LogP contribution in [0.2, 0.25) is 0 Å². The highest BCUT2D eigenvalue weighted by molar-refractivity contribution is 7.80. The number of ether oxygens (including phenoxy) is 1. The molecule has 0 aromatic carbocycles. The molecule has 0 saturated carbocycles. The van der Waals surface area contributed by atoms with Gasteiger partial charge in [-0.1, -0.05) is 0 Å². The third-order valence-corrected chi connectivity index (χ3v) is 3.57. The van der Waals surface area contributed by atoms with Crippen LogP contribution >= 0.6 is 12.2 Å². The molecule has 1 fully saturated rings. The van der Waals surface area contributed by atoms with E-state index in [4.69, 9.17) is 17.0 Å². The maximum atomic E-state index is 5.27. The van der Waals surface area contributed by atoms with Crippen LogP contribution in [-0.2, 0) is 4.74 Å². The summed E-state index contributed by atoms with van der Waals surface area (Å²) in [6.07, 6.45) is 3.67. The summed E-state index contributed by atoms with van der Waals surface area (Å²) in [5, 5.41) is 7.26. The topological polar surface area (TPSA) is 36.5 Å². The second-order valence-corrected chi connectivity index (χ2v) is 5.19. The van der Waals surface area contributed by atoms with E-state index in [2.05, 4.69) is 22.5 Å². The first kappa shape index (κ1) is 15.7. The van der Waals surface area contributed by atoms with Gasteiger partial charge in [-0.2, -0.15) is 0 Å². The van der Waals surface area contributed by atoms with Crippen molar-refractivity contribution in [2.45, 2.75) is 39.2 Å². The average Bonchev–Trinajstić information content (AvgIpc) is 2.89. The Labute approximate surface area is 116 Å². The molecule has 106 valence electrons. The molecule has 0 bridgehead atoms. The van der Waals surface area contributed by atoms with Crippen LogP contribution in [-0.4, -0.2) is 55.4 Å². The van der Waals surface area contributed by atoms with E-state index in [0.29, 0.717) is 6.04 Å². The first-order valence-corrected chi connectivity index (χ1v) is 7.48. The normalized spacial score (nSPS) is 17.7. The maximum Gasteiger partial charge on any atom is 0.166 e. The molecule has 2 N–H and O–H groups in total. The van der Waals surface area contributed by atoms with Gasteiger partial charge in [0.15, 0.2) is 5.11 Å². The Hall–Kier alpha value is -0.390. The molecule has 1 aliphatic rings. The summed E-state index contributed by atoms with van der Waals surface area (Å²) in [6, 6.07) is 0.565. The van der Waals surface area contributed by atoms with Gasteiger partial charge in [-0.3, -0.25) is 4.90 Å². The number of thiocarbonyl (C=S) groups is 1. The summed E-state index contributed by atoms with van der Waals surface area (Å²) in [6.45, 7) is 10.1. The van der Waals surface area contributed by atoms with Crippen molar-refractivity contribution in [2.24, 2.45) is 0 Å². The summed E-state index contributed by atoms with van der Waals surface area (Å²) >= 11 is 5.24. The van der Waals surface area contributed by atoms with E-state index in [-0.39, 0.29) is 0 Å². The van der Waals surface area contributed by atoms with E-state index < -0.39 is 0 Å². The lowest BCUT2D eigenvalue weighted by Crippen LogP contribution is -2.44. The fourth-order valence-corrected chi connectivity index (χ4v) is 2.32. The number of nitrogens with one attached hydrogen (secondary N) is 2. The molecule has 0 amide bonds. The Bertz CT molecular complexity index is 232. The van der Waals surface area contributed by atoms with Gasteiger partial charge in [0.05, 0.1) is 0 Å². The number of likely N-dealkylation sites (tertiary alicyclic amines) is 1. The van der Waals surface area contributed by atoms with E-state index in [9.17, 15) is 0 Å². The third-order valence-electron chi connectivity index (χ3n) is 3.28. The molecule has 1 rings (SSSR count). The molecule has 0 aromatic rings. The van der Waals surface area contributed by atoms with Crippen molar-refractivity contribution in [1.82, 2.24) is 15.5 Å². The van der Waals surface area contributed by atoms with E-state index >= 15 is 0 Å². The summed E-state index contributed by atoms with van der Waals surface area (Å²) in [5.41, 5.74) is 0. The van der Waals surface area contributed by atoms with Crippen LogP contribution in [0.1, 0.15) is 33.1 Å². The predicted octanol–water partition coefficient (Wildman–Crippen LogP) is 1.36. The van der Waals surface area contributed by atoms with Crippen LogP contribution in [0.25, 0.3) is 0 Å². The van der Waals surface area contributed by atoms with Crippen LogP contribution in [0.5, 0.6) is 0 Å². The first-order valence-electron chi connectivity index (χ1n) is 7.07. The van der Waals surface area contributed by atoms with Crippen LogP contribution < -0.4 is 10.6 Å². The van der Waals surface area contributed by atoms with Gasteiger partial charge in [0.1, 0.15) is 0 Å². The molecule has 0 aliphatic carbocycles. The quantitative estimate of drug-likeness (QED) is 0.516. The zero-order valence-electron chi connectivity index (χ0n) is 11.7. The molecule has 1 saturated heterocycles. The van der Waals surface area contributed by atoms with Gasteiger partial charge in [-0.05, 0) is 58.4 Å². The van der Waals surface area contributed by atoms with Gasteiger partial charge in [0, 0.05) is 32.3 Å². The third kappa shape index (κ3) is 6.52. The SMILES string of the molecule is CCOCCCNC(=S)NCC(C)N1CCCC1. The highest BCUT2D eigenvalue weighted by Crippen LogP contribution is 2.10. The van der Waals surface area contributed by atoms with Crippen LogP contribution in [0.15, 0.2) is 0 Å². The highest BCUT2D eigenvalue weighted by Gasteiger charge is 2.17. The fraction of sp³-hybridized carbons (Fsp3) is 0.923. The van der Waals surface area contributed by atoms with Crippen molar-refractivity contribution in [3.05, 3.63) is 0 Å². The molecule has 1 unspecified atom stereocenters. The van der Waals surface area contributed by atoms with E-state index in [1.54, 1.807) is 0 Å². The summed E-state index contributed by atoms with van der Waals surface area (Å²) in [5.74, 6) is 0. The molecular formula is C13H27N3OS. The summed E-state index contributed by atoms with van der Waals surface area (Å²) < 4.78 is 5.27. The van der Waals surface area contributed by atoms with Crippen LogP contribution in [0, 0.1) is 0 Å². The number of hydrogen-bond acceptors (Lipinski definition) is 3. The van der Waals surface area contributed by atoms with Gasteiger partial charge < -0.3 is 15.4 Å². The molecule has 0 aromatic heterocycles. The molecule has 0 spiro atoms. The smallest absolute Gasteiger partial charge is 0.166 e. The summed E-state index contributed by atoms with van der Waals surface area (Å²) in [7, 11) is 0. The Morgan fingerprint density at radius 1 is 1.33 bits per heavy atom. The number of nitrogens with zero attached hydrogens (tertiary/aromatic N) is 1. The molecule has 4 nitrogen and oxygen atoms in total. The lowest BCUT2D eigenvalue weighted by Gasteiger charge is -2.24. The maximum absolute atomic E-state index is 5.27. The molecule has 1 aliphatic heterocycles. The minimum atomic E-state index is 0.565. The lowest BCUT2D eigenvalue weighted by atomic mass is 10.3. The van der Waals surface area contributed by atoms with Crippen molar-refractivity contribution in [3.8, 4) is 0 Å². The molecule has 5 heteroatoms. The zero-order chi connectivity index (χ0) is 13.2. The number of hydrogen-bond donors (Lipinski definition) is 2. The molecule has 1 atom stereocenters. The van der Waals surface area contributed by atoms with E-state index in [1.165, 1.54) is 25.9 Å². The van der Waals surface area contributed by atoms with Crippen LogP contribution in [0.4, 0.5) is 0 Å². The van der Waals surface area contributed by atoms with Crippen molar-refractivity contribution in [2.75, 3.05) is 39.4 Å². The Morgan fingerprint density at radius 2 is 2.06 bits per heavy atom. The highest BCUT2D eigenvalue weighted by atomic mass is 32.1. The largest absolute Gasteiger partial charge is 0.382 e. The molecular weight excluding hydrogens is 246 g/mol. The van der Waals surface area contributed by atoms with E-state index in [1.807, 2.05) is 6.92 Å².